The Balaban J connectivity index is 1.90. The summed E-state index contributed by atoms with van der Waals surface area (Å²) in [6.45, 7) is 0. The summed E-state index contributed by atoms with van der Waals surface area (Å²) in [4.78, 5) is 25.3. The van der Waals surface area contributed by atoms with Crippen LogP contribution in [0.25, 0.3) is 0 Å². The molecule has 1 aliphatic carbocycles. The van der Waals surface area contributed by atoms with Gasteiger partial charge in [0.25, 0.3) is 5.91 Å². The van der Waals surface area contributed by atoms with Crippen LogP contribution in [-0.2, 0) is 4.79 Å². The minimum Gasteiger partial charge on any atom is -0.480 e. The van der Waals surface area contributed by atoms with E-state index < -0.39 is 12.0 Å². The van der Waals surface area contributed by atoms with Crippen molar-refractivity contribution in [1.29, 1.82) is 0 Å². The maximum absolute atomic E-state index is 12.4. The van der Waals surface area contributed by atoms with Gasteiger partial charge in [0.2, 0.25) is 0 Å². The number of nitrogens with zero attached hydrogens (tertiary/aromatic N) is 2. The fourth-order valence-electron chi connectivity index (χ4n) is 3.43. The second kappa shape index (κ2) is 4.68. The van der Waals surface area contributed by atoms with Gasteiger partial charge in [0, 0.05) is 12.1 Å². The lowest BCUT2D eigenvalue weighted by atomic mass is 9.84. The highest BCUT2D eigenvalue weighted by Gasteiger charge is 2.48. The molecule has 0 aromatic carbocycles. The molecule has 2 heterocycles. The van der Waals surface area contributed by atoms with Crippen LogP contribution in [0, 0.1) is 5.92 Å². The largest absolute Gasteiger partial charge is 0.480 e. The second-order valence-corrected chi connectivity index (χ2v) is 5.30. The summed E-state index contributed by atoms with van der Waals surface area (Å²) in [5, 5.41) is 13.0. The van der Waals surface area contributed by atoms with Crippen LogP contribution in [0.5, 0.6) is 0 Å². The lowest BCUT2D eigenvalue weighted by molar-refractivity contribution is -0.141. The molecule has 2 fully saturated rings. The summed E-state index contributed by atoms with van der Waals surface area (Å²) < 4.78 is 4.68. The maximum atomic E-state index is 12.4. The topological polar surface area (TPSA) is 83.6 Å². The molecule has 102 valence electrons. The SMILES string of the molecule is O=C(O)[C@@H]1C[C@H]2CCCC[C@@H]2N1C(=O)c1ccon1. The van der Waals surface area contributed by atoms with Crippen LogP contribution < -0.4 is 0 Å². The van der Waals surface area contributed by atoms with Crippen molar-refractivity contribution in [3.05, 3.63) is 18.0 Å². The van der Waals surface area contributed by atoms with Crippen LogP contribution >= 0.6 is 0 Å². The molecule has 6 heteroatoms. The Morgan fingerprint density at radius 2 is 2.16 bits per heavy atom. The highest BCUT2D eigenvalue weighted by Crippen LogP contribution is 2.40. The molecule has 0 spiro atoms. The van der Waals surface area contributed by atoms with E-state index >= 15 is 0 Å². The van der Waals surface area contributed by atoms with Crippen LogP contribution in [-0.4, -0.2) is 39.1 Å². The standard InChI is InChI=1S/C13H16N2O4/c16-12(9-5-6-19-14-9)15-10-4-2-1-3-8(10)7-11(15)13(17)18/h5-6,8,10-11H,1-4,7H2,(H,17,18)/t8-,10+,11+/m1/s1. The number of carboxylic acids is 1. The van der Waals surface area contributed by atoms with Crippen molar-refractivity contribution >= 4 is 11.9 Å². The van der Waals surface area contributed by atoms with E-state index in [1.165, 1.54) is 17.2 Å². The van der Waals surface area contributed by atoms with Crippen molar-refractivity contribution in [2.24, 2.45) is 5.92 Å². The van der Waals surface area contributed by atoms with Gasteiger partial charge in [-0.15, -0.1) is 0 Å². The Labute approximate surface area is 110 Å². The lowest BCUT2D eigenvalue weighted by Gasteiger charge is -2.32. The van der Waals surface area contributed by atoms with E-state index in [4.69, 9.17) is 0 Å². The first-order valence-electron chi connectivity index (χ1n) is 6.64. The van der Waals surface area contributed by atoms with Gasteiger partial charge in [-0.3, -0.25) is 4.79 Å². The number of fused-ring (bicyclic) bond motifs is 1. The number of carbonyl (C=O) groups excluding carboxylic acids is 1. The summed E-state index contributed by atoms with van der Waals surface area (Å²) in [6.07, 6.45) is 5.96. The average molecular weight is 264 g/mol. The first kappa shape index (κ1) is 12.2. The second-order valence-electron chi connectivity index (χ2n) is 5.30. The normalized spacial score (nSPS) is 30.1. The Bertz CT molecular complexity index is 485. The molecular weight excluding hydrogens is 248 g/mol. The molecule has 1 saturated heterocycles. The maximum Gasteiger partial charge on any atom is 0.326 e. The number of aliphatic carboxylic acids is 1. The number of amides is 1. The third kappa shape index (κ3) is 2.01. The molecule has 0 bridgehead atoms. The number of aromatic nitrogens is 1. The van der Waals surface area contributed by atoms with Crippen LogP contribution in [0.2, 0.25) is 0 Å². The summed E-state index contributed by atoms with van der Waals surface area (Å²) in [5.74, 6) is -0.938. The van der Waals surface area contributed by atoms with E-state index in [1.807, 2.05) is 0 Å². The molecule has 1 saturated carbocycles. The molecule has 1 aromatic rings. The van der Waals surface area contributed by atoms with E-state index in [0.717, 1.165) is 25.7 Å². The molecule has 1 amide bonds. The summed E-state index contributed by atoms with van der Waals surface area (Å²) in [7, 11) is 0. The van der Waals surface area contributed by atoms with Crippen LogP contribution in [0.15, 0.2) is 16.9 Å². The molecule has 3 rings (SSSR count). The molecule has 0 radical (unpaired) electrons. The summed E-state index contributed by atoms with van der Waals surface area (Å²) >= 11 is 0. The van der Waals surface area contributed by atoms with Crippen LogP contribution in [0.1, 0.15) is 42.6 Å². The van der Waals surface area contributed by atoms with Crippen LogP contribution in [0.4, 0.5) is 0 Å². The minimum absolute atomic E-state index is 0.0408. The number of carbonyl (C=O) groups is 2. The predicted molar refractivity (Wildman–Crippen MR) is 64.5 cm³/mol. The molecule has 1 N–H and O–H groups in total. The smallest absolute Gasteiger partial charge is 0.326 e. The Morgan fingerprint density at radius 1 is 1.37 bits per heavy atom. The first-order chi connectivity index (χ1) is 9.18. The van der Waals surface area contributed by atoms with Crippen LogP contribution in [0.3, 0.4) is 0 Å². The van der Waals surface area contributed by atoms with E-state index in [2.05, 4.69) is 9.68 Å². The molecule has 1 aliphatic heterocycles. The Kier molecular flexibility index (Phi) is 3.00. The van der Waals surface area contributed by atoms with Crippen molar-refractivity contribution in [1.82, 2.24) is 10.1 Å². The van der Waals surface area contributed by atoms with E-state index in [1.54, 1.807) is 0 Å². The van der Waals surface area contributed by atoms with Gasteiger partial charge >= 0.3 is 5.97 Å². The summed E-state index contributed by atoms with van der Waals surface area (Å²) in [5.41, 5.74) is 0.192. The van der Waals surface area contributed by atoms with E-state index in [-0.39, 0.29) is 17.6 Å². The zero-order valence-electron chi connectivity index (χ0n) is 10.5. The third-order valence-corrected chi connectivity index (χ3v) is 4.26. The average Bonchev–Trinajstić information content (AvgIpc) is 3.05. The summed E-state index contributed by atoms with van der Waals surface area (Å²) in [6, 6.07) is 0.800. The van der Waals surface area contributed by atoms with Gasteiger partial charge in [0.05, 0.1) is 0 Å². The number of hydrogen-bond donors (Lipinski definition) is 1. The minimum atomic E-state index is -0.925. The zero-order valence-corrected chi connectivity index (χ0v) is 10.5. The Hall–Kier alpha value is -1.85. The van der Waals surface area contributed by atoms with Gasteiger partial charge in [-0.25, -0.2) is 4.79 Å². The van der Waals surface area contributed by atoms with Gasteiger partial charge in [0.1, 0.15) is 12.3 Å². The van der Waals surface area contributed by atoms with Crippen molar-refractivity contribution in [2.45, 2.75) is 44.2 Å². The molecule has 1 aromatic heterocycles. The van der Waals surface area contributed by atoms with Gasteiger partial charge in [-0.1, -0.05) is 18.0 Å². The number of carboxylic acid groups (broad SMARTS) is 1. The molecule has 19 heavy (non-hydrogen) atoms. The van der Waals surface area contributed by atoms with E-state index in [0.29, 0.717) is 12.3 Å². The molecular formula is C13H16N2O4. The molecule has 0 unspecified atom stereocenters. The fraction of sp³-hybridized carbons (Fsp3) is 0.615. The van der Waals surface area contributed by atoms with Crippen molar-refractivity contribution in [3.63, 3.8) is 0 Å². The first-order valence-corrected chi connectivity index (χ1v) is 6.64. The van der Waals surface area contributed by atoms with Gasteiger partial charge in [0.15, 0.2) is 5.69 Å². The van der Waals surface area contributed by atoms with Gasteiger partial charge in [-0.05, 0) is 25.2 Å². The quantitative estimate of drug-likeness (QED) is 0.875. The molecule has 6 nitrogen and oxygen atoms in total. The monoisotopic (exact) mass is 264 g/mol. The highest BCUT2D eigenvalue weighted by atomic mass is 16.5. The highest BCUT2D eigenvalue weighted by molar-refractivity contribution is 5.95. The number of likely N-dealkylation sites (tertiary alicyclic amines) is 1. The Morgan fingerprint density at radius 3 is 2.84 bits per heavy atom. The predicted octanol–water partition coefficient (Wildman–Crippen LogP) is 1.53. The third-order valence-electron chi connectivity index (χ3n) is 4.26. The van der Waals surface area contributed by atoms with Gasteiger partial charge in [-0.2, -0.15) is 0 Å². The molecule has 3 atom stereocenters. The number of rotatable bonds is 2. The zero-order chi connectivity index (χ0) is 13.4. The van der Waals surface area contributed by atoms with Crippen molar-refractivity contribution in [2.75, 3.05) is 0 Å². The van der Waals surface area contributed by atoms with Crippen molar-refractivity contribution < 1.29 is 19.2 Å². The fourth-order valence-corrected chi connectivity index (χ4v) is 3.43. The van der Waals surface area contributed by atoms with Gasteiger partial charge < -0.3 is 14.5 Å². The number of hydrogen-bond acceptors (Lipinski definition) is 4. The lowest BCUT2D eigenvalue weighted by Crippen LogP contribution is -2.46. The van der Waals surface area contributed by atoms with Crippen molar-refractivity contribution in [3.8, 4) is 0 Å². The molecule has 2 aliphatic rings. The van der Waals surface area contributed by atoms with E-state index in [9.17, 15) is 14.7 Å².